The zero-order valence-corrected chi connectivity index (χ0v) is 9.44. The number of amides is 2. The maximum absolute atomic E-state index is 10.8. The highest BCUT2D eigenvalue weighted by Gasteiger charge is 1.99. The van der Waals surface area contributed by atoms with Crippen LogP contribution in [0.3, 0.4) is 0 Å². The lowest BCUT2D eigenvalue weighted by Crippen LogP contribution is -2.29. The minimum atomic E-state index is -0.587. The molecule has 0 bridgehead atoms. The first-order valence-corrected chi connectivity index (χ1v) is 4.89. The summed E-state index contributed by atoms with van der Waals surface area (Å²) in [5.74, 6) is 0. The first kappa shape index (κ1) is 15.0. The summed E-state index contributed by atoms with van der Waals surface area (Å²) < 4.78 is 13.9. The Balaban J connectivity index is 3.23. The molecule has 0 aliphatic rings. The fraction of sp³-hybridized carbons (Fsp3) is 0.400. The molecule has 17 heavy (non-hydrogen) atoms. The van der Waals surface area contributed by atoms with Gasteiger partial charge in [0.25, 0.3) is 0 Å². The predicted molar refractivity (Wildman–Crippen MR) is 60.2 cm³/mol. The van der Waals surface area contributed by atoms with Crippen molar-refractivity contribution in [2.75, 3.05) is 26.3 Å². The van der Waals surface area contributed by atoms with Crippen LogP contribution in [0.25, 0.3) is 0 Å². The first-order chi connectivity index (χ1) is 8.20. The average Bonchev–Trinajstić information content (AvgIpc) is 2.28. The Bertz CT molecular complexity index is 241. The quantitative estimate of drug-likeness (QED) is 0.486. The van der Waals surface area contributed by atoms with Crippen LogP contribution in [0.1, 0.15) is 0 Å². The van der Waals surface area contributed by atoms with E-state index in [1.807, 2.05) is 0 Å². The molecule has 0 unspecified atom stereocenters. The van der Waals surface area contributed by atoms with Gasteiger partial charge in [-0.2, -0.15) is 0 Å². The Hall–Kier alpha value is -2.02. The number of ether oxygens (including phenoxy) is 3. The van der Waals surface area contributed by atoms with Crippen molar-refractivity contribution in [3.63, 3.8) is 0 Å². The second kappa shape index (κ2) is 10.5. The summed E-state index contributed by atoms with van der Waals surface area (Å²) in [6.07, 6.45) is 0.893. The first-order valence-electron chi connectivity index (χ1n) is 4.89. The Labute approximate surface area is 99.4 Å². The molecule has 0 heterocycles. The molecular weight excluding hydrogens is 228 g/mol. The lowest BCUT2D eigenvalue weighted by atomic mass is 10.6. The molecule has 0 fully saturated rings. The van der Waals surface area contributed by atoms with Crippen molar-refractivity contribution in [3.05, 3.63) is 25.7 Å². The van der Waals surface area contributed by atoms with Crippen LogP contribution in [0.4, 0.5) is 9.59 Å². The maximum Gasteiger partial charge on any atom is 0.412 e. The van der Waals surface area contributed by atoms with Gasteiger partial charge in [0.15, 0.2) is 0 Å². The molecule has 7 heteroatoms. The third kappa shape index (κ3) is 10.3. The zero-order valence-electron chi connectivity index (χ0n) is 9.44. The molecule has 0 aromatic rings. The van der Waals surface area contributed by atoms with Crippen molar-refractivity contribution < 1.29 is 23.8 Å². The molecule has 0 aromatic heterocycles. The summed E-state index contributed by atoms with van der Waals surface area (Å²) in [5.41, 5.74) is 0. The van der Waals surface area contributed by atoms with Crippen LogP contribution in [0.2, 0.25) is 0 Å². The molecule has 0 rings (SSSR count). The van der Waals surface area contributed by atoms with Gasteiger partial charge in [0.2, 0.25) is 0 Å². The van der Waals surface area contributed by atoms with E-state index in [1.165, 1.54) is 0 Å². The number of nitrogens with one attached hydrogen (secondary N) is 2. The van der Waals surface area contributed by atoms with Crippen LogP contribution in [0, 0.1) is 0 Å². The van der Waals surface area contributed by atoms with Crippen LogP contribution in [-0.2, 0) is 14.2 Å². The lowest BCUT2D eigenvalue weighted by molar-refractivity contribution is 0.129. The van der Waals surface area contributed by atoms with Crippen molar-refractivity contribution >= 4 is 12.2 Å². The Morgan fingerprint density at radius 1 is 0.941 bits per heavy atom. The summed E-state index contributed by atoms with van der Waals surface area (Å²) in [7, 11) is 0. The highest BCUT2D eigenvalue weighted by molar-refractivity contribution is 5.67. The summed E-state index contributed by atoms with van der Waals surface area (Å²) in [6, 6.07) is 0. The van der Waals surface area contributed by atoms with Gasteiger partial charge in [0, 0.05) is 13.1 Å². The van der Waals surface area contributed by atoms with Crippen LogP contribution < -0.4 is 10.6 Å². The molecule has 0 aromatic carbocycles. The van der Waals surface area contributed by atoms with E-state index in [4.69, 9.17) is 4.74 Å². The normalized spacial score (nSPS) is 8.94. The van der Waals surface area contributed by atoms with Gasteiger partial charge in [-0.15, -0.1) is 0 Å². The summed E-state index contributed by atoms with van der Waals surface area (Å²) >= 11 is 0. The van der Waals surface area contributed by atoms with E-state index in [1.54, 1.807) is 0 Å². The summed E-state index contributed by atoms with van der Waals surface area (Å²) in [5, 5.41) is 4.84. The minimum absolute atomic E-state index is 0.309. The summed E-state index contributed by atoms with van der Waals surface area (Å²) in [6.45, 7) is 7.69. The van der Waals surface area contributed by atoms with Gasteiger partial charge in [0.1, 0.15) is 0 Å². The van der Waals surface area contributed by atoms with E-state index in [9.17, 15) is 9.59 Å². The Morgan fingerprint density at radius 2 is 1.35 bits per heavy atom. The number of carbonyl (C=O) groups is 2. The van der Waals surface area contributed by atoms with Gasteiger partial charge < -0.3 is 24.8 Å². The largest absolute Gasteiger partial charge is 0.419 e. The smallest absolute Gasteiger partial charge is 0.412 e. The highest BCUT2D eigenvalue weighted by Crippen LogP contribution is 1.79. The van der Waals surface area contributed by atoms with Crippen molar-refractivity contribution in [1.29, 1.82) is 0 Å². The standard InChI is InChI=1S/C10H16N2O5/c1-3-16-9(13)11-5-7-15-8-6-12-10(14)17-4-2/h3-4H,1-2,5-8H2,(H,11,13)(H,12,14). The summed E-state index contributed by atoms with van der Waals surface area (Å²) in [4.78, 5) is 21.5. The van der Waals surface area contributed by atoms with Gasteiger partial charge in [-0.05, 0) is 0 Å². The molecule has 7 nitrogen and oxygen atoms in total. The number of alkyl carbamates (subject to hydrolysis) is 2. The molecule has 0 aliphatic carbocycles. The van der Waals surface area contributed by atoms with Gasteiger partial charge in [-0.1, -0.05) is 13.2 Å². The van der Waals surface area contributed by atoms with Crippen LogP contribution in [0.15, 0.2) is 25.7 Å². The Kier molecular flexibility index (Phi) is 9.25. The molecule has 0 spiro atoms. The van der Waals surface area contributed by atoms with E-state index in [-0.39, 0.29) is 0 Å². The third-order valence-electron chi connectivity index (χ3n) is 1.41. The monoisotopic (exact) mass is 244 g/mol. The van der Waals surface area contributed by atoms with E-state index in [0.29, 0.717) is 26.3 Å². The zero-order chi connectivity index (χ0) is 12.9. The fourth-order valence-corrected chi connectivity index (χ4v) is 0.787. The minimum Gasteiger partial charge on any atom is -0.419 e. The van der Waals surface area contributed by atoms with E-state index < -0.39 is 12.2 Å². The fourth-order valence-electron chi connectivity index (χ4n) is 0.787. The number of carbonyl (C=O) groups excluding carboxylic acids is 2. The number of rotatable bonds is 8. The van der Waals surface area contributed by atoms with Gasteiger partial charge in [-0.25, -0.2) is 9.59 Å². The Morgan fingerprint density at radius 3 is 1.71 bits per heavy atom. The van der Waals surface area contributed by atoms with E-state index in [2.05, 4.69) is 33.3 Å². The highest BCUT2D eigenvalue weighted by atomic mass is 16.5. The van der Waals surface area contributed by atoms with Crippen molar-refractivity contribution in [1.82, 2.24) is 10.6 Å². The lowest BCUT2D eigenvalue weighted by Gasteiger charge is -2.06. The molecule has 0 saturated heterocycles. The molecule has 0 atom stereocenters. The molecule has 0 aliphatic heterocycles. The number of hydrogen-bond acceptors (Lipinski definition) is 5. The van der Waals surface area contributed by atoms with Crippen LogP contribution in [0.5, 0.6) is 0 Å². The molecule has 96 valence electrons. The van der Waals surface area contributed by atoms with Crippen molar-refractivity contribution in [2.24, 2.45) is 0 Å². The van der Waals surface area contributed by atoms with E-state index in [0.717, 1.165) is 12.5 Å². The molecule has 0 saturated carbocycles. The second-order valence-corrected chi connectivity index (χ2v) is 2.61. The average molecular weight is 244 g/mol. The van der Waals surface area contributed by atoms with Crippen LogP contribution >= 0.6 is 0 Å². The molecule has 2 amide bonds. The van der Waals surface area contributed by atoms with Gasteiger partial charge in [0.05, 0.1) is 25.7 Å². The third-order valence-corrected chi connectivity index (χ3v) is 1.41. The van der Waals surface area contributed by atoms with Crippen molar-refractivity contribution in [2.45, 2.75) is 0 Å². The molecular formula is C10H16N2O5. The van der Waals surface area contributed by atoms with Crippen LogP contribution in [-0.4, -0.2) is 38.5 Å². The maximum atomic E-state index is 10.8. The van der Waals surface area contributed by atoms with E-state index >= 15 is 0 Å². The van der Waals surface area contributed by atoms with Gasteiger partial charge in [-0.3, -0.25) is 0 Å². The topological polar surface area (TPSA) is 85.9 Å². The predicted octanol–water partition coefficient (Wildman–Crippen LogP) is 0.742. The van der Waals surface area contributed by atoms with Gasteiger partial charge >= 0.3 is 12.2 Å². The molecule has 2 N–H and O–H groups in total. The molecule has 0 radical (unpaired) electrons. The number of hydrogen-bond donors (Lipinski definition) is 2. The second-order valence-electron chi connectivity index (χ2n) is 2.61. The SMILES string of the molecule is C=COC(=O)NCCOCCNC(=O)OC=C. The van der Waals surface area contributed by atoms with Crippen molar-refractivity contribution in [3.8, 4) is 0 Å².